The molecule has 1 fully saturated rings. The molecular weight excluding hydrogens is 364 g/mol. The summed E-state index contributed by atoms with van der Waals surface area (Å²) in [5, 5.41) is 8.57. The average molecular weight is 396 g/mol. The lowest BCUT2D eigenvalue weighted by Crippen LogP contribution is -2.52. The van der Waals surface area contributed by atoms with Gasteiger partial charge in [0.15, 0.2) is 0 Å². The van der Waals surface area contributed by atoms with Gasteiger partial charge in [-0.05, 0) is 33.6 Å². The van der Waals surface area contributed by atoms with Gasteiger partial charge in [-0.15, -0.1) is 5.10 Å². The second-order valence-electron chi connectivity index (χ2n) is 7.60. The molecule has 3 rings (SSSR count). The Balaban J connectivity index is 1.48. The third-order valence-electron chi connectivity index (χ3n) is 5.25. The van der Waals surface area contributed by atoms with Crippen molar-refractivity contribution in [3.63, 3.8) is 0 Å². The van der Waals surface area contributed by atoms with Crippen molar-refractivity contribution in [2.24, 2.45) is 0 Å². The molecule has 9 heteroatoms. The Bertz CT molecular complexity index is 640. The summed E-state index contributed by atoms with van der Waals surface area (Å²) in [6.45, 7) is 10.6. The summed E-state index contributed by atoms with van der Waals surface area (Å²) in [4.78, 5) is 14.0. The Morgan fingerprint density at radius 1 is 1.25 bits per heavy atom. The molecule has 1 aromatic heterocycles. The number of piperidine rings is 1. The molecule has 0 N–H and O–H groups in total. The van der Waals surface area contributed by atoms with E-state index in [0.29, 0.717) is 52.7 Å². The normalized spacial score (nSPS) is 18.6. The number of nitrogens with zero attached hydrogens (tertiary/aromatic N) is 4. The van der Waals surface area contributed by atoms with Crippen molar-refractivity contribution < 1.29 is 23.7 Å². The Morgan fingerprint density at radius 2 is 2.04 bits per heavy atom. The Kier molecular flexibility index (Phi) is 7.39. The van der Waals surface area contributed by atoms with Gasteiger partial charge < -0.3 is 23.8 Å². The zero-order valence-electron chi connectivity index (χ0n) is 17.2. The fourth-order valence-corrected chi connectivity index (χ4v) is 3.56. The highest BCUT2D eigenvalue weighted by molar-refractivity contribution is 5.77. The van der Waals surface area contributed by atoms with Gasteiger partial charge in [0, 0.05) is 19.7 Å². The molecule has 1 spiro atoms. The Morgan fingerprint density at radius 3 is 2.75 bits per heavy atom. The number of aromatic nitrogens is 3. The van der Waals surface area contributed by atoms with E-state index in [-0.39, 0.29) is 24.2 Å². The van der Waals surface area contributed by atoms with Crippen molar-refractivity contribution in [1.82, 2.24) is 19.9 Å². The molecular formula is C19H32N4O5. The molecule has 2 aliphatic heterocycles. The topological polar surface area (TPSA) is 87.9 Å². The van der Waals surface area contributed by atoms with E-state index in [1.165, 1.54) is 0 Å². The lowest BCUT2D eigenvalue weighted by molar-refractivity contribution is -0.149. The van der Waals surface area contributed by atoms with E-state index < -0.39 is 0 Å². The molecule has 9 nitrogen and oxygen atoms in total. The highest BCUT2D eigenvalue weighted by Crippen LogP contribution is 2.33. The first-order chi connectivity index (χ1) is 13.5. The van der Waals surface area contributed by atoms with E-state index in [2.05, 4.69) is 10.3 Å². The minimum absolute atomic E-state index is 0.0508. The van der Waals surface area contributed by atoms with Crippen LogP contribution in [0.5, 0.6) is 0 Å². The van der Waals surface area contributed by atoms with Gasteiger partial charge >= 0.3 is 0 Å². The second kappa shape index (κ2) is 9.78. The van der Waals surface area contributed by atoms with Crippen LogP contribution in [0, 0.1) is 0 Å². The Hall–Kier alpha value is -1.55. The first-order valence-corrected chi connectivity index (χ1v) is 10.1. The second-order valence-corrected chi connectivity index (χ2v) is 7.60. The molecule has 0 atom stereocenters. The summed E-state index contributed by atoms with van der Waals surface area (Å²) in [6, 6.07) is 0. The molecule has 1 aromatic rings. The average Bonchev–Trinajstić information content (AvgIpc) is 3.08. The van der Waals surface area contributed by atoms with Gasteiger partial charge in [-0.3, -0.25) is 4.79 Å². The minimum Gasteiger partial charge on any atom is -0.376 e. The molecule has 2 aliphatic rings. The van der Waals surface area contributed by atoms with Crippen molar-refractivity contribution in [2.45, 2.75) is 65.1 Å². The molecule has 0 aliphatic carbocycles. The predicted octanol–water partition coefficient (Wildman–Crippen LogP) is 1.15. The van der Waals surface area contributed by atoms with Gasteiger partial charge in [0.2, 0.25) is 5.91 Å². The molecule has 28 heavy (non-hydrogen) atoms. The summed E-state index contributed by atoms with van der Waals surface area (Å²) in [5.74, 6) is 0.0508. The van der Waals surface area contributed by atoms with Gasteiger partial charge in [0.25, 0.3) is 0 Å². The maximum atomic E-state index is 12.1. The number of carbonyl (C=O) groups excluding carboxylic acids is 1. The number of hydrogen-bond acceptors (Lipinski definition) is 7. The molecule has 3 heterocycles. The lowest BCUT2D eigenvalue weighted by Gasteiger charge is -2.43. The van der Waals surface area contributed by atoms with Crippen LogP contribution < -0.4 is 0 Å². The van der Waals surface area contributed by atoms with Gasteiger partial charge in [0.1, 0.15) is 12.3 Å². The number of likely N-dealkylation sites (tertiary alicyclic amines) is 1. The molecule has 1 amide bonds. The lowest BCUT2D eigenvalue weighted by atomic mass is 9.90. The van der Waals surface area contributed by atoms with Crippen LogP contribution in [0.25, 0.3) is 0 Å². The van der Waals surface area contributed by atoms with Crippen LogP contribution in [0.2, 0.25) is 0 Å². The first kappa shape index (κ1) is 21.2. The fraction of sp³-hybridized carbons (Fsp3) is 0.842. The SMILES string of the molecule is CCOCC(=O)N1CCC2(CC1)Cn1nnc(COCCOC(C)C)c1CO2. The van der Waals surface area contributed by atoms with E-state index >= 15 is 0 Å². The van der Waals surface area contributed by atoms with Crippen molar-refractivity contribution in [3.8, 4) is 0 Å². The quantitative estimate of drug-likeness (QED) is 0.579. The number of carbonyl (C=O) groups is 1. The maximum Gasteiger partial charge on any atom is 0.248 e. The number of fused-ring (bicyclic) bond motifs is 1. The van der Waals surface area contributed by atoms with Crippen molar-refractivity contribution in [1.29, 1.82) is 0 Å². The summed E-state index contributed by atoms with van der Waals surface area (Å²) in [7, 11) is 0. The van der Waals surface area contributed by atoms with Crippen LogP contribution in [-0.2, 0) is 43.5 Å². The van der Waals surface area contributed by atoms with Crippen molar-refractivity contribution in [3.05, 3.63) is 11.4 Å². The van der Waals surface area contributed by atoms with Crippen LogP contribution in [0.15, 0.2) is 0 Å². The number of ether oxygens (including phenoxy) is 4. The van der Waals surface area contributed by atoms with E-state index in [0.717, 1.165) is 24.2 Å². The summed E-state index contributed by atoms with van der Waals surface area (Å²) in [5.41, 5.74) is 1.53. The first-order valence-electron chi connectivity index (χ1n) is 10.1. The van der Waals surface area contributed by atoms with Crippen molar-refractivity contribution in [2.75, 3.05) is 39.5 Å². The van der Waals surface area contributed by atoms with Crippen LogP contribution >= 0.6 is 0 Å². The third-order valence-corrected chi connectivity index (χ3v) is 5.25. The molecule has 0 aromatic carbocycles. The van der Waals surface area contributed by atoms with Gasteiger partial charge in [0.05, 0.1) is 50.4 Å². The summed E-state index contributed by atoms with van der Waals surface area (Å²) in [6.07, 6.45) is 1.79. The smallest absolute Gasteiger partial charge is 0.248 e. The van der Waals surface area contributed by atoms with Gasteiger partial charge in [-0.1, -0.05) is 5.21 Å². The summed E-state index contributed by atoms with van der Waals surface area (Å²) >= 11 is 0. The molecule has 0 bridgehead atoms. The fourth-order valence-electron chi connectivity index (χ4n) is 3.56. The third kappa shape index (κ3) is 5.28. The monoisotopic (exact) mass is 396 g/mol. The standard InChI is InChI=1S/C19H32N4O5/c1-4-25-13-18(24)22-7-5-19(6-8-22)14-23-17(12-28-19)16(20-21-23)11-26-9-10-27-15(2)3/h15H,4-14H2,1-3H3. The van der Waals surface area contributed by atoms with Crippen LogP contribution in [-0.4, -0.2) is 77.0 Å². The van der Waals surface area contributed by atoms with Crippen LogP contribution in [0.4, 0.5) is 0 Å². The maximum absolute atomic E-state index is 12.1. The summed E-state index contributed by atoms with van der Waals surface area (Å²) < 4.78 is 24.5. The van der Waals surface area contributed by atoms with Crippen molar-refractivity contribution >= 4 is 5.91 Å². The zero-order chi connectivity index (χ0) is 20.0. The molecule has 0 unspecified atom stereocenters. The van der Waals surface area contributed by atoms with Crippen LogP contribution in [0.3, 0.4) is 0 Å². The van der Waals surface area contributed by atoms with E-state index in [1.807, 2.05) is 30.4 Å². The molecule has 0 radical (unpaired) electrons. The number of rotatable bonds is 9. The van der Waals surface area contributed by atoms with E-state index in [4.69, 9.17) is 18.9 Å². The van der Waals surface area contributed by atoms with E-state index in [9.17, 15) is 4.79 Å². The molecule has 158 valence electrons. The molecule has 1 saturated heterocycles. The van der Waals surface area contributed by atoms with Gasteiger partial charge in [-0.25, -0.2) is 4.68 Å². The van der Waals surface area contributed by atoms with Crippen LogP contribution in [0.1, 0.15) is 45.0 Å². The van der Waals surface area contributed by atoms with Gasteiger partial charge in [-0.2, -0.15) is 0 Å². The number of amides is 1. The highest BCUT2D eigenvalue weighted by atomic mass is 16.5. The predicted molar refractivity (Wildman–Crippen MR) is 101 cm³/mol. The highest BCUT2D eigenvalue weighted by Gasteiger charge is 2.41. The molecule has 0 saturated carbocycles. The zero-order valence-corrected chi connectivity index (χ0v) is 17.2. The number of hydrogen-bond donors (Lipinski definition) is 0. The van der Waals surface area contributed by atoms with E-state index in [1.54, 1.807) is 0 Å². The minimum atomic E-state index is -0.272. The Labute approximate surface area is 166 Å². The largest absolute Gasteiger partial charge is 0.376 e.